The quantitative estimate of drug-likeness (QED) is 0.449. The summed E-state index contributed by atoms with van der Waals surface area (Å²) in [4.78, 5) is 31.6. The molecule has 5 heterocycles. The van der Waals surface area contributed by atoms with Gasteiger partial charge in [0.1, 0.15) is 12.2 Å². The maximum absolute atomic E-state index is 13.5. The summed E-state index contributed by atoms with van der Waals surface area (Å²) in [6.07, 6.45) is 2.66. The second-order valence-electron chi connectivity index (χ2n) is 9.95. The molecule has 4 atom stereocenters. The molecule has 0 unspecified atom stereocenters. The lowest BCUT2D eigenvalue weighted by molar-refractivity contribution is -0.890. The van der Waals surface area contributed by atoms with Crippen LogP contribution in [0.2, 0.25) is 4.34 Å². The molecule has 2 aromatic heterocycles. The number of rotatable bonds is 8. The van der Waals surface area contributed by atoms with E-state index in [1.165, 1.54) is 16.2 Å². The maximum Gasteiger partial charge on any atom is 0.235 e. The molecule has 5 rings (SSSR count). The average molecular weight is 494 g/mol. The third-order valence-electron chi connectivity index (χ3n) is 7.44. The Hall–Kier alpha value is -1.78. The van der Waals surface area contributed by atoms with E-state index in [0.29, 0.717) is 27.7 Å². The van der Waals surface area contributed by atoms with Gasteiger partial charge < -0.3 is 14.1 Å². The molecule has 2 aromatic rings. The van der Waals surface area contributed by atoms with Gasteiger partial charge in [0.05, 0.1) is 54.3 Å². The van der Waals surface area contributed by atoms with E-state index in [1.807, 2.05) is 32.3 Å². The molecule has 10 heteroatoms. The molecular formula is C23H30ClN4O4S+. The smallest absolute Gasteiger partial charge is 0.235 e. The SMILES string of the molecule is C[N+](C)(CCO)CCCN1C(=O)[C@@H]2[C@H](C1=O)[C@H]1CCCN1[C@@H]2c1cc(-c2ccc(Cl)s2)on1. The number of imide groups is 1. The van der Waals surface area contributed by atoms with E-state index in [0.717, 1.165) is 42.9 Å². The monoisotopic (exact) mass is 493 g/mol. The molecule has 0 radical (unpaired) electrons. The van der Waals surface area contributed by atoms with E-state index in [1.54, 1.807) is 0 Å². The fraction of sp³-hybridized carbons (Fsp3) is 0.609. The van der Waals surface area contributed by atoms with Crippen molar-refractivity contribution >= 4 is 34.8 Å². The number of fused-ring (bicyclic) bond motifs is 3. The van der Waals surface area contributed by atoms with E-state index in [-0.39, 0.29) is 36.4 Å². The minimum Gasteiger partial charge on any atom is -0.391 e. The number of quaternary nitrogens is 1. The second kappa shape index (κ2) is 8.78. The van der Waals surface area contributed by atoms with Gasteiger partial charge in [0.2, 0.25) is 11.8 Å². The fourth-order valence-electron chi connectivity index (χ4n) is 5.87. The average Bonchev–Trinajstić information content (AvgIpc) is 3.54. The molecule has 0 saturated carbocycles. The molecule has 0 aliphatic carbocycles. The van der Waals surface area contributed by atoms with Crippen molar-refractivity contribution < 1.29 is 23.7 Å². The molecule has 3 fully saturated rings. The summed E-state index contributed by atoms with van der Waals surface area (Å²) in [7, 11) is 4.10. The maximum atomic E-state index is 13.5. The Kier molecular flexibility index (Phi) is 6.11. The number of aromatic nitrogens is 1. The van der Waals surface area contributed by atoms with Gasteiger partial charge in [0.15, 0.2) is 5.76 Å². The normalized spacial score (nSPS) is 27.6. The predicted octanol–water partition coefficient (Wildman–Crippen LogP) is 2.64. The topological polar surface area (TPSA) is 86.9 Å². The van der Waals surface area contributed by atoms with Crippen LogP contribution in [0.4, 0.5) is 0 Å². The number of aliphatic hydroxyl groups is 1. The van der Waals surface area contributed by atoms with Crippen LogP contribution >= 0.6 is 22.9 Å². The highest BCUT2D eigenvalue weighted by atomic mass is 35.5. The van der Waals surface area contributed by atoms with Gasteiger partial charge in [-0.1, -0.05) is 16.8 Å². The minimum absolute atomic E-state index is 0.0365. The highest BCUT2D eigenvalue weighted by Gasteiger charge is 2.63. The van der Waals surface area contributed by atoms with Gasteiger partial charge >= 0.3 is 0 Å². The van der Waals surface area contributed by atoms with Crippen LogP contribution in [0.25, 0.3) is 10.6 Å². The lowest BCUT2D eigenvalue weighted by Crippen LogP contribution is -2.45. The third-order valence-corrected chi connectivity index (χ3v) is 8.69. The number of amides is 2. The lowest BCUT2D eigenvalue weighted by Gasteiger charge is -2.30. The summed E-state index contributed by atoms with van der Waals surface area (Å²) in [5.41, 5.74) is 0.720. The molecule has 3 aliphatic rings. The first kappa shape index (κ1) is 23.0. The van der Waals surface area contributed by atoms with E-state index < -0.39 is 5.92 Å². The van der Waals surface area contributed by atoms with E-state index in [4.69, 9.17) is 16.1 Å². The molecule has 178 valence electrons. The van der Waals surface area contributed by atoms with Crippen LogP contribution in [0.3, 0.4) is 0 Å². The number of carbonyl (C=O) groups is 2. The van der Waals surface area contributed by atoms with Crippen molar-refractivity contribution in [2.45, 2.75) is 31.3 Å². The standard InChI is InChI=1S/C23H30ClN4O4S/c1-28(2,11-12-29)10-4-9-27-22(30)19-15-5-3-8-26(15)21(20(19)23(27)31)14-13-16(32-25-14)17-6-7-18(24)33-17/h6-7,13,15,19-21,29H,3-5,8-12H2,1-2H3/q+1/t15-,19-,20-,21-/m1/s1. The first-order valence-corrected chi connectivity index (χ1v) is 12.8. The van der Waals surface area contributed by atoms with Crippen molar-refractivity contribution in [3.05, 3.63) is 28.2 Å². The molecule has 8 nitrogen and oxygen atoms in total. The number of nitrogens with zero attached hydrogens (tertiary/aromatic N) is 4. The van der Waals surface area contributed by atoms with Crippen molar-refractivity contribution in [1.82, 2.24) is 15.0 Å². The zero-order valence-electron chi connectivity index (χ0n) is 18.9. The molecule has 33 heavy (non-hydrogen) atoms. The van der Waals surface area contributed by atoms with E-state index >= 15 is 0 Å². The fourth-order valence-corrected chi connectivity index (χ4v) is 6.86. The van der Waals surface area contributed by atoms with Crippen LogP contribution in [0, 0.1) is 11.8 Å². The van der Waals surface area contributed by atoms with Crippen LogP contribution in [0.15, 0.2) is 22.7 Å². The summed E-state index contributed by atoms with van der Waals surface area (Å²) in [5.74, 6) is -0.196. The summed E-state index contributed by atoms with van der Waals surface area (Å²) >= 11 is 7.50. The Morgan fingerprint density at radius 3 is 2.76 bits per heavy atom. The number of halogens is 1. The Balaban J connectivity index is 1.37. The van der Waals surface area contributed by atoms with Crippen molar-refractivity contribution in [2.75, 3.05) is 46.9 Å². The number of likely N-dealkylation sites (tertiary alicyclic amines) is 1. The number of carbonyl (C=O) groups excluding carboxylic acids is 2. The largest absolute Gasteiger partial charge is 0.391 e. The molecule has 0 bridgehead atoms. The highest BCUT2D eigenvalue weighted by Crippen LogP contribution is 2.53. The highest BCUT2D eigenvalue weighted by molar-refractivity contribution is 7.19. The van der Waals surface area contributed by atoms with Crippen LogP contribution < -0.4 is 0 Å². The first-order chi connectivity index (χ1) is 15.8. The minimum atomic E-state index is -0.410. The van der Waals surface area contributed by atoms with Crippen LogP contribution in [-0.2, 0) is 9.59 Å². The number of thiophene rings is 1. The van der Waals surface area contributed by atoms with E-state index in [9.17, 15) is 14.7 Å². The number of hydrogen-bond acceptors (Lipinski definition) is 7. The molecular weight excluding hydrogens is 464 g/mol. The Labute approximate surface area is 202 Å². The van der Waals surface area contributed by atoms with Crippen molar-refractivity contribution in [2.24, 2.45) is 11.8 Å². The summed E-state index contributed by atoms with van der Waals surface area (Å²) in [6.45, 7) is 2.85. The molecule has 1 N–H and O–H groups in total. The molecule has 0 spiro atoms. The lowest BCUT2D eigenvalue weighted by atomic mass is 9.86. The molecule has 0 aromatic carbocycles. The second-order valence-corrected chi connectivity index (χ2v) is 11.7. The van der Waals surface area contributed by atoms with Crippen LogP contribution in [0.5, 0.6) is 0 Å². The van der Waals surface area contributed by atoms with Crippen LogP contribution in [-0.4, -0.2) is 89.3 Å². The van der Waals surface area contributed by atoms with Gasteiger partial charge in [-0.15, -0.1) is 11.3 Å². The van der Waals surface area contributed by atoms with Gasteiger partial charge in [0, 0.05) is 25.1 Å². The Morgan fingerprint density at radius 1 is 1.24 bits per heavy atom. The van der Waals surface area contributed by atoms with Crippen LogP contribution in [0.1, 0.15) is 31.0 Å². The third kappa shape index (κ3) is 4.04. The Bertz CT molecular complexity index is 1050. The van der Waals surface area contributed by atoms with Gasteiger partial charge in [-0.25, -0.2) is 0 Å². The molecule has 3 aliphatic heterocycles. The number of likely N-dealkylation sites (N-methyl/N-ethyl adjacent to an activating group) is 1. The summed E-state index contributed by atoms with van der Waals surface area (Å²) in [5, 5.41) is 13.6. The molecule has 2 amide bonds. The Morgan fingerprint density at radius 2 is 2.03 bits per heavy atom. The van der Waals surface area contributed by atoms with Crippen molar-refractivity contribution in [3.63, 3.8) is 0 Å². The van der Waals surface area contributed by atoms with Gasteiger partial charge in [-0.3, -0.25) is 19.4 Å². The zero-order chi connectivity index (χ0) is 23.3. The van der Waals surface area contributed by atoms with Gasteiger partial charge in [-0.05, 0) is 31.5 Å². The summed E-state index contributed by atoms with van der Waals surface area (Å²) < 4.78 is 6.97. The zero-order valence-corrected chi connectivity index (χ0v) is 20.5. The van der Waals surface area contributed by atoms with Crippen molar-refractivity contribution in [3.8, 4) is 10.6 Å². The van der Waals surface area contributed by atoms with Gasteiger partial charge in [0.25, 0.3) is 0 Å². The summed E-state index contributed by atoms with van der Waals surface area (Å²) in [6, 6.07) is 5.47. The molecule has 3 saturated heterocycles. The van der Waals surface area contributed by atoms with Crippen molar-refractivity contribution in [1.29, 1.82) is 0 Å². The van der Waals surface area contributed by atoms with Gasteiger partial charge in [-0.2, -0.15) is 0 Å². The predicted molar refractivity (Wildman–Crippen MR) is 125 cm³/mol. The van der Waals surface area contributed by atoms with E-state index in [2.05, 4.69) is 10.1 Å². The number of hydrogen-bond donors (Lipinski definition) is 1. The first-order valence-electron chi connectivity index (χ1n) is 11.6. The number of aliphatic hydroxyl groups excluding tert-OH is 1.